The van der Waals surface area contributed by atoms with Gasteiger partial charge in [-0.25, -0.2) is 17.9 Å². The van der Waals surface area contributed by atoms with Crippen LogP contribution in [0.1, 0.15) is 16.2 Å². The minimum absolute atomic E-state index is 0.0528. The Morgan fingerprint density at radius 1 is 1.16 bits per heavy atom. The summed E-state index contributed by atoms with van der Waals surface area (Å²) in [5, 5.41) is 18.9. The van der Waals surface area contributed by atoms with E-state index in [9.17, 15) is 17.6 Å². The van der Waals surface area contributed by atoms with Crippen LogP contribution in [0.3, 0.4) is 0 Å². The van der Waals surface area contributed by atoms with E-state index in [1.54, 1.807) is 13.0 Å². The van der Waals surface area contributed by atoms with Crippen molar-refractivity contribution in [2.75, 3.05) is 36.5 Å². The Morgan fingerprint density at radius 2 is 1.91 bits per heavy atom. The van der Waals surface area contributed by atoms with Crippen molar-refractivity contribution in [3.63, 3.8) is 0 Å². The van der Waals surface area contributed by atoms with Crippen molar-refractivity contribution in [3.8, 4) is 5.69 Å². The number of amides is 1. The summed E-state index contributed by atoms with van der Waals surface area (Å²) in [7, 11) is -4.02. The molecule has 1 aliphatic rings. The average Bonchev–Trinajstić information content (AvgIpc) is 3.20. The van der Waals surface area contributed by atoms with Gasteiger partial charge in [-0.2, -0.15) is 4.68 Å². The highest BCUT2D eigenvalue weighted by atomic mass is 32.2. The average molecular weight is 461 g/mol. The Morgan fingerprint density at radius 3 is 2.56 bits per heavy atom. The standard InChI is InChI=1S/C19H20FN7O4S/c1-12-23-24-25-27(12)18-10-13(2-4-16(18)20)22-19(28)15-11-14(32(21,29)30)3-5-17(15)26-6-8-31-9-7-26/h2-5,10-11H,6-9H2,1H3,(H,22,28)(H2,21,29,30). The molecule has 4 rings (SSSR count). The summed E-state index contributed by atoms with van der Waals surface area (Å²) in [5.41, 5.74) is 0.979. The monoisotopic (exact) mass is 461 g/mol. The van der Waals surface area contributed by atoms with E-state index < -0.39 is 21.7 Å². The fourth-order valence-corrected chi connectivity index (χ4v) is 3.90. The summed E-state index contributed by atoms with van der Waals surface area (Å²) in [6, 6.07) is 8.07. The van der Waals surface area contributed by atoms with E-state index in [4.69, 9.17) is 9.88 Å². The fourth-order valence-electron chi connectivity index (χ4n) is 3.36. The van der Waals surface area contributed by atoms with E-state index >= 15 is 0 Å². The number of aromatic nitrogens is 4. The van der Waals surface area contributed by atoms with Gasteiger partial charge < -0.3 is 15.0 Å². The van der Waals surface area contributed by atoms with Gasteiger partial charge in [0.1, 0.15) is 11.5 Å². The second-order valence-electron chi connectivity index (χ2n) is 7.08. The maximum absolute atomic E-state index is 14.3. The van der Waals surface area contributed by atoms with E-state index in [1.807, 2.05) is 4.90 Å². The first-order valence-electron chi connectivity index (χ1n) is 9.60. The van der Waals surface area contributed by atoms with Crippen molar-refractivity contribution in [3.05, 3.63) is 53.6 Å². The topological polar surface area (TPSA) is 145 Å². The first kappa shape index (κ1) is 21.8. The zero-order valence-electron chi connectivity index (χ0n) is 17.0. The maximum Gasteiger partial charge on any atom is 0.257 e. The minimum Gasteiger partial charge on any atom is -0.378 e. The third kappa shape index (κ3) is 4.44. The number of primary sulfonamides is 1. The van der Waals surface area contributed by atoms with Gasteiger partial charge in [0.25, 0.3) is 5.91 Å². The van der Waals surface area contributed by atoms with Crippen LogP contribution in [0.4, 0.5) is 15.8 Å². The van der Waals surface area contributed by atoms with Gasteiger partial charge in [-0.3, -0.25) is 4.79 Å². The summed E-state index contributed by atoms with van der Waals surface area (Å²) in [5.74, 6) is -0.797. The van der Waals surface area contributed by atoms with Gasteiger partial charge in [0.05, 0.1) is 23.7 Å². The highest BCUT2D eigenvalue weighted by Gasteiger charge is 2.22. The van der Waals surface area contributed by atoms with Crippen molar-refractivity contribution < 1.29 is 22.3 Å². The number of tetrazole rings is 1. The number of nitrogens with one attached hydrogen (secondary N) is 1. The van der Waals surface area contributed by atoms with E-state index in [0.29, 0.717) is 37.8 Å². The Balaban J connectivity index is 1.70. The zero-order chi connectivity index (χ0) is 22.9. The third-order valence-corrected chi connectivity index (χ3v) is 5.86. The van der Waals surface area contributed by atoms with Crippen LogP contribution in [-0.4, -0.2) is 60.8 Å². The molecule has 1 saturated heterocycles. The largest absolute Gasteiger partial charge is 0.378 e. The smallest absolute Gasteiger partial charge is 0.257 e. The number of halogens is 1. The molecule has 0 unspecified atom stereocenters. The molecule has 0 spiro atoms. The van der Waals surface area contributed by atoms with Gasteiger partial charge in [-0.05, 0) is 53.7 Å². The van der Waals surface area contributed by atoms with Crippen LogP contribution < -0.4 is 15.4 Å². The van der Waals surface area contributed by atoms with Gasteiger partial charge in [0.15, 0.2) is 5.82 Å². The predicted octanol–water partition coefficient (Wildman–Crippen LogP) is 0.846. The number of hydrogen-bond acceptors (Lipinski definition) is 8. The summed E-state index contributed by atoms with van der Waals surface area (Å²) in [6.07, 6.45) is 0. The molecule has 1 aliphatic heterocycles. The minimum atomic E-state index is -4.02. The molecule has 3 N–H and O–H groups in total. The maximum atomic E-state index is 14.3. The lowest BCUT2D eigenvalue weighted by Crippen LogP contribution is -2.37. The molecule has 0 bridgehead atoms. The predicted molar refractivity (Wildman–Crippen MR) is 113 cm³/mol. The molecule has 0 atom stereocenters. The van der Waals surface area contributed by atoms with Crippen LogP contribution in [0, 0.1) is 12.7 Å². The SMILES string of the molecule is Cc1nnnn1-c1cc(NC(=O)c2cc(S(N)(=O)=O)ccc2N2CCOCC2)ccc1F. The number of ether oxygens (including phenoxy) is 1. The van der Waals surface area contributed by atoms with E-state index in [2.05, 4.69) is 20.8 Å². The summed E-state index contributed by atoms with van der Waals surface area (Å²) < 4.78 is 44.6. The quantitative estimate of drug-likeness (QED) is 0.569. The van der Waals surface area contributed by atoms with Crippen molar-refractivity contribution in [2.45, 2.75) is 11.8 Å². The highest BCUT2D eigenvalue weighted by Crippen LogP contribution is 2.27. The number of carbonyl (C=O) groups excluding carboxylic acids is 1. The number of carbonyl (C=O) groups is 1. The van der Waals surface area contributed by atoms with Crippen LogP contribution in [0.15, 0.2) is 41.3 Å². The molecule has 13 heteroatoms. The van der Waals surface area contributed by atoms with Crippen molar-refractivity contribution in [1.82, 2.24) is 20.2 Å². The normalized spacial score (nSPS) is 14.4. The molecule has 168 valence electrons. The van der Waals surface area contributed by atoms with E-state index in [1.165, 1.54) is 35.0 Å². The lowest BCUT2D eigenvalue weighted by Gasteiger charge is -2.30. The molecule has 1 amide bonds. The summed E-state index contributed by atoms with van der Waals surface area (Å²) in [6.45, 7) is 3.63. The molecular formula is C19H20FN7O4S. The zero-order valence-corrected chi connectivity index (χ0v) is 17.8. The molecule has 1 fully saturated rings. The van der Waals surface area contributed by atoms with Crippen LogP contribution in [-0.2, 0) is 14.8 Å². The highest BCUT2D eigenvalue weighted by molar-refractivity contribution is 7.89. The number of nitrogens with zero attached hydrogens (tertiary/aromatic N) is 5. The number of sulfonamides is 1. The molecule has 0 aliphatic carbocycles. The first-order chi connectivity index (χ1) is 15.2. The number of morpholine rings is 1. The molecule has 0 radical (unpaired) electrons. The molecule has 2 heterocycles. The second-order valence-corrected chi connectivity index (χ2v) is 8.64. The molecule has 2 aromatic carbocycles. The van der Waals surface area contributed by atoms with E-state index in [0.717, 1.165) is 0 Å². The van der Waals surface area contributed by atoms with Crippen molar-refractivity contribution >= 4 is 27.3 Å². The Bertz CT molecular complexity index is 1270. The molecule has 0 saturated carbocycles. The molecule has 11 nitrogen and oxygen atoms in total. The summed E-state index contributed by atoms with van der Waals surface area (Å²) in [4.78, 5) is 14.9. The van der Waals surface area contributed by atoms with Gasteiger partial charge in [-0.1, -0.05) is 0 Å². The number of benzene rings is 2. The van der Waals surface area contributed by atoms with Gasteiger partial charge in [0, 0.05) is 24.5 Å². The fraction of sp³-hybridized carbons (Fsp3) is 0.263. The molecule has 32 heavy (non-hydrogen) atoms. The number of aryl methyl sites for hydroxylation is 1. The lowest BCUT2D eigenvalue weighted by molar-refractivity contribution is 0.102. The number of hydrogen-bond donors (Lipinski definition) is 2. The molecular weight excluding hydrogens is 441 g/mol. The molecule has 1 aromatic heterocycles. The second kappa shape index (κ2) is 8.61. The Labute approximate surface area is 183 Å². The van der Waals surface area contributed by atoms with Crippen molar-refractivity contribution in [1.29, 1.82) is 0 Å². The van der Waals surface area contributed by atoms with Gasteiger partial charge in [-0.15, -0.1) is 5.10 Å². The van der Waals surface area contributed by atoms with Gasteiger partial charge >= 0.3 is 0 Å². The number of rotatable bonds is 5. The number of nitrogens with two attached hydrogens (primary N) is 1. The number of anilines is 2. The Kier molecular flexibility index (Phi) is 5.86. The van der Waals surface area contributed by atoms with Crippen LogP contribution in [0.25, 0.3) is 5.69 Å². The van der Waals surface area contributed by atoms with Crippen LogP contribution in [0.2, 0.25) is 0 Å². The Hall–Kier alpha value is -3.42. The van der Waals surface area contributed by atoms with Crippen molar-refractivity contribution in [2.24, 2.45) is 5.14 Å². The first-order valence-corrected chi connectivity index (χ1v) is 11.1. The van der Waals surface area contributed by atoms with Gasteiger partial charge in [0.2, 0.25) is 10.0 Å². The lowest BCUT2D eigenvalue weighted by atomic mass is 10.1. The van der Waals surface area contributed by atoms with Crippen LogP contribution in [0.5, 0.6) is 0 Å². The van der Waals surface area contributed by atoms with Crippen LogP contribution >= 0.6 is 0 Å². The molecule has 3 aromatic rings. The van der Waals surface area contributed by atoms with E-state index in [-0.39, 0.29) is 21.8 Å². The third-order valence-electron chi connectivity index (χ3n) is 4.95. The summed E-state index contributed by atoms with van der Waals surface area (Å²) >= 11 is 0.